The van der Waals surface area contributed by atoms with Gasteiger partial charge in [-0.1, -0.05) is 0 Å². The van der Waals surface area contributed by atoms with Gasteiger partial charge in [-0.3, -0.25) is 0 Å². The summed E-state index contributed by atoms with van der Waals surface area (Å²) in [6.45, 7) is 0.696. The second-order valence-electron chi connectivity index (χ2n) is 3.30. The van der Waals surface area contributed by atoms with E-state index >= 15 is 0 Å². The Morgan fingerprint density at radius 1 is 1.12 bits per heavy atom. The van der Waals surface area contributed by atoms with Crippen LogP contribution in [0.2, 0.25) is 0 Å². The Morgan fingerprint density at radius 2 is 1.81 bits per heavy atom. The molecular weight excluding hydrogens is 229 g/mol. The summed E-state index contributed by atoms with van der Waals surface area (Å²) >= 11 is 0. The SMILES string of the molecule is CNCc1ccc(-c2ccc(F)cc2)o1.[Cl-]. The third-order valence-electron chi connectivity index (χ3n) is 2.14. The van der Waals surface area contributed by atoms with E-state index < -0.39 is 0 Å². The molecule has 0 aliphatic rings. The van der Waals surface area contributed by atoms with Gasteiger partial charge >= 0.3 is 0 Å². The molecule has 16 heavy (non-hydrogen) atoms. The topological polar surface area (TPSA) is 25.2 Å². The van der Waals surface area contributed by atoms with Gasteiger partial charge < -0.3 is 22.1 Å². The summed E-state index contributed by atoms with van der Waals surface area (Å²) < 4.78 is 18.3. The summed E-state index contributed by atoms with van der Waals surface area (Å²) in [5.74, 6) is 1.40. The molecule has 0 amide bonds. The molecule has 4 heteroatoms. The quantitative estimate of drug-likeness (QED) is 0.805. The average Bonchev–Trinajstić information content (AvgIpc) is 2.68. The Labute approximate surface area is 99.9 Å². The van der Waals surface area contributed by atoms with E-state index in [-0.39, 0.29) is 18.2 Å². The van der Waals surface area contributed by atoms with Crippen LogP contribution >= 0.6 is 0 Å². The fraction of sp³-hybridized carbons (Fsp3) is 0.167. The molecule has 2 nitrogen and oxygen atoms in total. The number of furan rings is 1. The van der Waals surface area contributed by atoms with Crippen molar-refractivity contribution < 1.29 is 21.2 Å². The lowest BCUT2D eigenvalue weighted by atomic mass is 10.2. The fourth-order valence-electron chi connectivity index (χ4n) is 1.42. The van der Waals surface area contributed by atoms with Gasteiger partial charge in [0.2, 0.25) is 0 Å². The summed E-state index contributed by atoms with van der Waals surface area (Å²) in [4.78, 5) is 0. The van der Waals surface area contributed by atoms with E-state index in [1.165, 1.54) is 12.1 Å². The first kappa shape index (κ1) is 12.7. The number of nitrogens with one attached hydrogen (secondary N) is 1. The van der Waals surface area contributed by atoms with Gasteiger partial charge in [-0.05, 0) is 43.4 Å². The Balaban J connectivity index is 0.00000128. The number of hydrogen-bond donors (Lipinski definition) is 1. The zero-order valence-electron chi connectivity index (χ0n) is 8.84. The minimum Gasteiger partial charge on any atom is -1.00 e. The van der Waals surface area contributed by atoms with Crippen molar-refractivity contribution in [2.24, 2.45) is 0 Å². The predicted molar refractivity (Wildman–Crippen MR) is 56.9 cm³/mol. The predicted octanol–water partition coefficient (Wildman–Crippen LogP) is -0.191. The van der Waals surface area contributed by atoms with Crippen molar-refractivity contribution >= 4 is 0 Å². The van der Waals surface area contributed by atoms with E-state index in [2.05, 4.69) is 5.32 Å². The molecule has 0 spiro atoms. The Bertz CT molecular complexity index is 439. The Hall–Kier alpha value is -1.32. The molecular formula is C12H12ClFNO-. The highest BCUT2D eigenvalue weighted by Gasteiger charge is 2.03. The van der Waals surface area contributed by atoms with Crippen molar-refractivity contribution in [1.29, 1.82) is 0 Å². The van der Waals surface area contributed by atoms with Gasteiger partial charge in [0.25, 0.3) is 0 Å². The van der Waals surface area contributed by atoms with Crippen LogP contribution in [0.25, 0.3) is 11.3 Å². The molecule has 0 bridgehead atoms. The molecule has 2 rings (SSSR count). The second-order valence-corrected chi connectivity index (χ2v) is 3.30. The number of hydrogen-bond acceptors (Lipinski definition) is 2. The maximum atomic E-state index is 12.7. The summed E-state index contributed by atoms with van der Waals surface area (Å²) in [7, 11) is 1.86. The zero-order chi connectivity index (χ0) is 10.7. The molecule has 0 aliphatic carbocycles. The highest BCUT2D eigenvalue weighted by Crippen LogP contribution is 2.22. The van der Waals surface area contributed by atoms with E-state index in [1.807, 2.05) is 19.2 Å². The average molecular weight is 241 g/mol. The molecule has 0 atom stereocenters. The Morgan fingerprint density at radius 3 is 2.44 bits per heavy atom. The highest BCUT2D eigenvalue weighted by atomic mass is 35.5. The molecule has 0 aliphatic heterocycles. The minimum absolute atomic E-state index is 0. The van der Waals surface area contributed by atoms with Crippen LogP contribution in [0.4, 0.5) is 4.39 Å². The van der Waals surface area contributed by atoms with Crippen molar-refractivity contribution in [3.63, 3.8) is 0 Å². The van der Waals surface area contributed by atoms with Crippen LogP contribution in [-0.4, -0.2) is 7.05 Å². The molecule has 0 saturated heterocycles. The van der Waals surface area contributed by atoms with Crippen LogP contribution in [0.5, 0.6) is 0 Å². The van der Waals surface area contributed by atoms with E-state index in [9.17, 15) is 4.39 Å². The lowest BCUT2D eigenvalue weighted by molar-refractivity contribution is -0.00000427. The van der Waals surface area contributed by atoms with Crippen LogP contribution in [0.1, 0.15) is 5.76 Å². The molecule has 1 aromatic heterocycles. The van der Waals surface area contributed by atoms with Gasteiger partial charge in [-0.2, -0.15) is 0 Å². The smallest absolute Gasteiger partial charge is 0.134 e. The monoisotopic (exact) mass is 240 g/mol. The van der Waals surface area contributed by atoms with Crippen LogP contribution in [0.3, 0.4) is 0 Å². The first-order valence-corrected chi connectivity index (χ1v) is 4.79. The number of rotatable bonds is 3. The van der Waals surface area contributed by atoms with E-state index in [4.69, 9.17) is 4.42 Å². The van der Waals surface area contributed by atoms with Gasteiger partial charge in [0, 0.05) is 5.56 Å². The lowest BCUT2D eigenvalue weighted by Crippen LogP contribution is -3.00. The van der Waals surface area contributed by atoms with Crippen LogP contribution in [0, 0.1) is 5.82 Å². The molecule has 0 saturated carbocycles. The summed E-state index contributed by atoms with van der Waals surface area (Å²) in [6.07, 6.45) is 0. The number of benzene rings is 1. The van der Waals surface area contributed by atoms with Crippen molar-refractivity contribution in [2.75, 3.05) is 7.05 Å². The third-order valence-corrected chi connectivity index (χ3v) is 2.14. The summed E-state index contributed by atoms with van der Waals surface area (Å²) in [6, 6.07) is 10.1. The van der Waals surface area contributed by atoms with Crippen LogP contribution < -0.4 is 17.7 Å². The molecule has 1 aromatic carbocycles. The largest absolute Gasteiger partial charge is 1.00 e. The summed E-state index contributed by atoms with van der Waals surface area (Å²) in [5.41, 5.74) is 0.888. The van der Waals surface area contributed by atoms with Gasteiger partial charge in [0.15, 0.2) is 0 Å². The van der Waals surface area contributed by atoms with E-state index in [0.717, 1.165) is 17.1 Å². The molecule has 0 radical (unpaired) electrons. The third kappa shape index (κ3) is 2.84. The van der Waals surface area contributed by atoms with Gasteiger partial charge in [0.05, 0.1) is 6.54 Å². The zero-order valence-corrected chi connectivity index (χ0v) is 9.59. The number of halogens is 2. The van der Waals surface area contributed by atoms with Crippen LogP contribution in [-0.2, 0) is 6.54 Å². The molecule has 0 fully saturated rings. The molecule has 86 valence electrons. The van der Waals surface area contributed by atoms with Crippen molar-refractivity contribution in [3.8, 4) is 11.3 Å². The van der Waals surface area contributed by atoms with Crippen molar-refractivity contribution in [1.82, 2.24) is 5.32 Å². The van der Waals surface area contributed by atoms with Crippen molar-refractivity contribution in [2.45, 2.75) is 6.54 Å². The molecule has 2 aromatic rings. The van der Waals surface area contributed by atoms with E-state index in [1.54, 1.807) is 12.1 Å². The minimum atomic E-state index is -0.235. The standard InChI is InChI=1S/C12H12FNO.ClH/c1-14-8-11-6-7-12(15-11)9-2-4-10(13)5-3-9;/h2-7,14H,8H2,1H3;1H/p-1. The second kappa shape index (κ2) is 5.68. The normalized spacial score (nSPS) is 9.88. The maximum Gasteiger partial charge on any atom is 0.134 e. The lowest BCUT2D eigenvalue weighted by Gasteiger charge is -1.97. The Kier molecular flexibility index (Phi) is 4.52. The first-order valence-electron chi connectivity index (χ1n) is 4.79. The van der Waals surface area contributed by atoms with Crippen molar-refractivity contribution in [3.05, 3.63) is 48.0 Å². The highest BCUT2D eigenvalue weighted by molar-refractivity contribution is 5.57. The van der Waals surface area contributed by atoms with Gasteiger partial charge in [-0.15, -0.1) is 0 Å². The molecule has 1 N–H and O–H groups in total. The maximum absolute atomic E-state index is 12.7. The first-order chi connectivity index (χ1) is 7.29. The van der Waals surface area contributed by atoms with Crippen LogP contribution in [0.15, 0.2) is 40.8 Å². The fourth-order valence-corrected chi connectivity index (χ4v) is 1.42. The van der Waals surface area contributed by atoms with E-state index in [0.29, 0.717) is 6.54 Å². The molecule has 0 unspecified atom stereocenters. The summed E-state index contributed by atoms with van der Waals surface area (Å²) in [5, 5.41) is 3.00. The van der Waals surface area contributed by atoms with Gasteiger partial charge in [0.1, 0.15) is 17.3 Å². The van der Waals surface area contributed by atoms with Gasteiger partial charge in [-0.25, -0.2) is 4.39 Å². The molecule has 1 heterocycles.